The minimum absolute atomic E-state index is 0.355. The topological polar surface area (TPSA) is 15.7 Å². The fraction of sp³-hybridized carbons (Fsp3) is 0.0638. The highest BCUT2D eigenvalue weighted by atomic mass is 16.5. The van der Waals surface area contributed by atoms with Crippen LogP contribution in [0.3, 0.4) is 0 Å². The standard InChI is InChI=1S/C47H34N2O/c1-47(2)38-20-10-11-21-40(38)49-45-37-19-9-7-16-34(37)25-29-42(45)50-43-30-28-41(44(47)46(43)49)48(39-22-12-17-33-15-6-8-18-36(33)39)35-26-23-32(24-27-35)31-13-4-3-5-14-31/h3-30H,1-2H3. The number of rotatable bonds is 4. The van der Waals surface area contributed by atoms with Gasteiger partial charge in [-0.1, -0.05) is 141 Å². The van der Waals surface area contributed by atoms with Gasteiger partial charge < -0.3 is 14.5 Å². The minimum atomic E-state index is -0.355. The summed E-state index contributed by atoms with van der Waals surface area (Å²) in [5, 5.41) is 4.76. The van der Waals surface area contributed by atoms with Gasteiger partial charge in [0.05, 0.1) is 28.4 Å². The van der Waals surface area contributed by atoms with Gasteiger partial charge in [0.1, 0.15) is 0 Å². The van der Waals surface area contributed by atoms with Crippen LogP contribution in [0.25, 0.3) is 32.7 Å². The Labute approximate surface area is 292 Å². The highest BCUT2D eigenvalue weighted by molar-refractivity contribution is 6.08. The molecule has 3 heteroatoms. The summed E-state index contributed by atoms with van der Waals surface area (Å²) in [7, 11) is 0. The van der Waals surface area contributed by atoms with E-state index in [1.165, 1.54) is 49.5 Å². The molecule has 0 saturated heterocycles. The van der Waals surface area contributed by atoms with Gasteiger partial charge in [0.25, 0.3) is 0 Å². The first-order chi connectivity index (χ1) is 24.6. The zero-order chi connectivity index (χ0) is 33.4. The molecule has 0 saturated carbocycles. The monoisotopic (exact) mass is 642 g/mol. The van der Waals surface area contributed by atoms with E-state index in [2.05, 4.69) is 194 Å². The van der Waals surface area contributed by atoms with Crippen LogP contribution in [0.2, 0.25) is 0 Å². The summed E-state index contributed by atoms with van der Waals surface area (Å²) in [6, 6.07) is 61.1. The Hall–Kier alpha value is -6.32. The van der Waals surface area contributed by atoms with Gasteiger partial charge >= 0.3 is 0 Å². The van der Waals surface area contributed by atoms with Gasteiger partial charge in [-0.3, -0.25) is 0 Å². The summed E-state index contributed by atoms with van der Waals surface area (Å²) in [5.41, 5.74) is 11.3. The molecular weight excluding hydrogens is 609 g/mol. The SMILES string of the molecule is CC1(C)c2ccccc2N2c3c(ccc(N(c4ccc(-c5ccccc5)cc4)c4cccc5ccccc45)c31)Oc1ccc3ccccc3c12. The molecule has 8 aromatic carbocycles. The van der Waals surface area contributed by atoms with E-state index in [1.807, 2.05) is 0 Å². The van der Waals surface area contributed by atoms with Crippen molar-refractivity contribution < 1.29 is 4.74 Å². The molecule has 0 aromatic heterocycles. The summed E-state index contributed by atoms with van der Waals surface area (Å²) in [6.45, 7) is 4.72. The van der Waals surface area contributed by atoms with Crippen molar-refractivity contribution in [1.82, 2.24) is 0 Å². The molecule has 0 aliphatic carbocycles. The second-order valence-electron chi connectivity index (χ2n) is 13.8. The zero-order valence-corrected chi connectivity index (χ0v) is 28.0. The Bertz CT molecular complexity index is 2600. The van der Waals surface area contributed by atoms with E-state index in [4.69, 9.17) is 4.74 Å². The summed E-state index contributed by atoms with van der Waals surface area (Å²) in [4.78, 5) is 4.93. The molecule has 0 radical (unpaired) electrons. The Kier molecular flexibility index (Phi) is 6.22. The molecule has 0 bridgehead atoms. The van der Waals surface area contributed by atoms with E-state index in [9.17, 15) is 0 Å². The highest BCUT2D eigenvalue weighted by Crippen LogP contribution is 2.63. The predicted octanol–water partition coefficient (Wildman–Crippen LogP) is 13.3. The Morgan fingerprint density at radius 2 is 1.10 bits per heavy atom. The lowest BCUT2D eigenvalue weighted by molar-refractivity contribution is 0.472. The van der Waals surface area contributed by atoms with Gasteiger partial charge in [0.2, 0.25) is 0 Å². The van der Waals surface area contributed by atoms with Crippen molar-refractivity contribution in [3.05, 3.63) is 181 Å². The Morgan fingerprint density at radius 3 is 1.92 bits per heavy atom. The summed E-state index contributed by atoms with van der Waals surface area (Å²) in [5.74, 6) is 1.73. The van der Waals surface area contributed by atoms with Crippen LogP contribution in [-0.2, 0) is 5.41 Å². The van der Waals surface area contributed by atoms with Gasteiger partial charge in [-0.2, -0.15) is 0 Å². The van der Waals surface area contributed by atoms with Crippen molar-refractivity contribution in [1.29, 1.82) is 0 Å². The first-order valence-electron chi connectivity index (χ1n) is 17.3. The van der Waals surface area contributed by atoms with Crippen molar-refractivity contribution in [2.75, 3.05) is 9.80 Å². The molecule has 2 aliphatic rings. The Morgan fingerprint density at radius 1 is 0.480 bits per heavy atom. The second-order valence-corrected chi connectivity index (χ2v) is 13.8. The first-order valence-corrected chi connectivity index (χ1v) is 17.3. The van der Waals surface area contributed by atoms with E-state index in [0.29, 0.717) is 0 Å². The molecule has 3 nitrogen and oxygen atoms in total. The van der Waals surface area contributed by atoms with Crippen LogP contribution >= 0.6 is 0 Å². The third kappa shape index (κ3) is 4.17. The maximum Gasteiger partial charge on any atom is 0.152 e. The quantitative estimate of drug-likeness (QED) is 0.190. The third-order valence-electron chi connectivity index (χ3n) is 10.6. The third-order valence-corrected chi connectivity index (χ3v) is 10.6. The van der Waals surface area contributed by atoms with Gasteiger partial charge in [-0.15, -0.1) is 0 Å². The fourth-order valence-electron chi connectivity index (χ4n) is 8.26. The number of fused-ring (bicyclic) bond motifs is 7. The molecule has 238 valence electrons. The summed E-state index contributed by atoms with van der Waals surface area (Å²) in [6.07, 6.45) is 0. The lowest BCUT2D eigenvalue weighted by Crippen LogP contribution is -2.34. The molecule has 0 atom stereocenters. The van der Waals surface area contributed by atoms with Crippen LogP contribution in [0.4, 0.5) is 34.1 Å². The predicted molar refractivity (Wildman–Crippen MR) is 208 cm³/mol. The smallest absolute Gasteiger partial charge is 0.152 e. The zero-order valence-electron chi connectivity index (χ0n) is 28.0. The van der Waals surface area contributed by atoms with Crippen LogP contribution in [0, 0.1) is 0 Å². The molecule has 10 rings (SSSR count). The largest absolute Gasteiger partial charge is 0.453 e. The molecule has 8 aromatic rings. The maximum atomic E-state index is 6.86. The van der Waals surface area contributed by atoms with Crippen LogP contribution in [0.1, 0.15) is 25.0 Å². The Balaban J connectivity index is 1.28. The number of hydrogen-bond acceptors (Lipinski definition) is 3. The molecule has 0 fully saturated rings. The summed E-state index contributed by atoms with van der Waals surface area (Å²) >= 11 is 0. The van der Waals surface area contributed by atoms with Crippen molar-refractivity contribution in [3.8, 4) is 22.6 Å². The summed E-state index contributed by atoms with van der Waals surface area (Å²) < 4.78 is 6.86. The molecule has 50 heavy (non-hydrogen) atoms. The number of hydrogen-bond donors (Lipinski definition) is 0. The van der Waals surface area contributed by atoms with Gasteiger partial charge in [-0.25, -0.2) is 0 Å². The van der Waals surface area contributed by atoms with Crippen molar-refractivity contribution in [3.63, 3.8) is 0 Å². The van der Waals surface area contributed by atoms with Crippen molar-refractivity contribution in [2.24, 2.45) is 0 Å². The number of nitrogens with zero attached hydrogens (tertiary/aromatic N) is 2. The molecule has 0 amide bonds. The number of ether oxygens (including phenoxy) is 1. The van der Waals surface area contributed by atoms with Gasteiger partial charge in [0.15, 0.2) is 11.5 Å². The lowest BCUT2D eigenvalue weighted by atomic mass is 9.72. The van der Waals surface area contributed by atoms with Gasteiger partial charge in [0, 0.05) is 27.4 Å². The number of anilines is 6. The maximum absolute atomic E-state index is 6.86. The van der Waals surface area contributed by atoms with Crippen molar-refractivity contribution >= 4 is 55.7 Å². The average Bonchev–Trinajstić information content (AvgIpc) is 3.17. The normalized spacial score (nSPS) is 13.7. The van der Waals surface area contributed by atoms with E-state index in [1.54, 1.807) is 0 Å². The molecule has 2 aliphatic heterocycles. The lowest BCUT2D eigenvalue weighted by Gasteiger charge is -2.47. The second kappa shape index (κ2) is 10.8. The van der Waals surface area contributed by atoms with E-state index < -0.39 is 0 Å². The van der Waals surface area contributed by atoms with Crippen LogP contribution in [0.15, 0.2) is 170 Å². The molecule has 0 spiro atoms. The van der Waals surface area contributed by atoms with Crippen LogP contribution in [-0.4, -0.2) is 0 Å². The van der Waals surface area contributed by atoms with Crippen LogP contribution in [0.5, 0.6) is 11.5 Å². The minimum Gasteiger partial charge on any atom is -0.453 e. The van der Waals surface area contributed by atoms with Crippen molar-refractivity contribution in [2.45, 2.75) is 19.3 Å². The van der Waals surface area contributed by atoms with E-state index in [-0.39, 0.29) is 5.41 Å². The average molecular weight is 643 g/mol. The molecule has 0 N–H and O–H groups in total. The van der Waals surface area contributed by atoms with Gasteiger partial charge in [-0.05, 0) is 69.9 Å². The van der Waals surface area contributed by atoms with E-state index >= 15 is 0 Å². The highest BCUT2D eigenvalue weighted by Gasteiger charge is 2.44. The number of para-hydroxylation sites is 1. The van der Waals surface area contributed by atoms with E-state index in [0.717, 1.165) is 39.9 Å². The van der Waals surface area contributed by atoms with Crippen LogP contribution < -0.4 is 14.5 Å². The number of benzene rings is 8. The molecular formula is C47H34N2O. The fourth-order valence-corrected chi connectivity index (χ4v) is 8.26. The first kappa shape index (κ1) is 28.7. The molecule has 0 unspecified atom stereocenters. The molecule has 2 heterocycles.